The Morgan fingerprint density at radius 1 is 1.17 bits per heavy atom. The topological polar surface area (TPSA) is 52.6 Å². The molecule has 18 heavy (non-hydrogen) atoms. The quantitative estimate of drug-likeness (QED) is 0.283. The molecule has 0 aromatic heterocycles. The molecule has 0 saturated heterocycles. The minimum absolute atomic E-state index is 0.157. The van der Waals surface area contributed by atoms with Gasteiger partial charge in [-0.1, -0.05) is 28.1 Å². The number of carbonyl (C=O) groups is 2. The summed E-state index contributed by atoms with van der Waals surface area (Å²) in [6.45, 7) is 4.40. The van der Waals surface area contributed by atoms with Gasteiger partial charge in [0.15, 0.2) is 0 Å². The second kappa shape index (κ2) is 11.3. The molecule has 0 saturated carbocycles. The molecule has 104 valence electrons. The smallest absolute Gasteiger partial charge is 0.320 e. The molecule has 1 atom stereocenters. The predicted octanol–water partition coefficient (Wildman–Crippen LogP) is 2.99. The summed E-state index contributed by atoms with van der Waals surface area (Å²) in [7, 11) is 0. The van der Waals surface area contributed by atoms with Gasteiger partial charge >= 0.3 is 11.9 Å². The number of allylic oxidation sites excluding steroid dienone is 2. The molecule has 4 nitrogen and oxygen atoms in total. The number of ether oxygens (including phenoxy) is 2. The molecule has 0 aromatic rings. The van der Waals surface area contributed by atoms with Gasteiger partial charge in [-0.2, -0.15) is 0 Å². The number of esters is 2. The van der Waals surface area contributed by atoms with Crippen LogP contribution in [0.1, 0.15) is 39.5 Å². The van der Waals surface area contributed by atoms with Gasteiger partial charge in [0.2, 0.25) is 0 Å². The van der Waals surface area contributed by atoms with Gasteiger partial charge in [0.05, 0.1) is 13.2 Å². The Morgan fingerprint density at radius 2 is 1.83 bits per heavy atom. The summed E-state index contributed by atoms with van der Waals surface area (Å²) in [5, 5.41) is 0. The van der Waals surface area contributed by atoms with Gasteiger partial charge in [-0.3, -0.25) is 9.59 Å². The molecule has 0 heterocycles. The first-order chi connectivity index (χ1) is 8.61. The van der Waals surface area contributed by atoms with Gasteiger partial charge in [0.1, 0.15) is 4.83 Å². The van der Waals surface area contributed by atoms with E-state index in [0.717, 1.165) is 12.8 Å². The summed E-state index contributed by atoms with van der Waals surface area (Å²) in [5.74, 6) is -0.399. The molecule has 0 aliphatic rings. The molecule has 0 radical (unpaired) electrons. The number of carbonyl (C=O) groups excluding carboxylic acids is 2. The lowest BCUT2D eigenvalue weighted by Gasteiger charge is -2.05. The molecular weight excluding hydrogens is 300 g/mol. The van der Waals surface area contributed by atoms with Crippen molar-refractivity contribution < 1.29 is 19.1 Å². The molecule has 0 amide bonds. The monoisotopic (exact) mass is 320 g/mol. The Bertz CT molecular complexity index is 276. The zero-order valence-corrected chi connectivity index (χ0v) is 12.6. The van der Waals surface area contributed by atoms with E-state index in [-0.39, 0.29) is 16.8 Å². The lowest BCUT2D eigenvalue weighted by molar-refractivity contribution is -0.143. The van der Waals surface area contributed by atoms with E-state index >= 15 is 0 Å². The first kappa shape index (κ1) is 17.2. The van der Waals surface area contributed by atoms with Crippen molar-refractivity contribution >= 4 is 27.9 Å². The van der Waals surface area contributed by atoms with Crippen LogP contribution >= 0.6 is 15.9 Å². The fourth-order valence-electron chi connectivity index (χ4n) is 1.26. The maximum absolute atomic E-state index is 11.3. The van der Waals surface area contributed by atoms with Gasteiger partial charge < -0.3 is 9.47 Å². The van der Waals surface area contributed by atoms with Crippen LogP contribution in [0.3, 0.4) is 0 Å². The van der Waals surface area contributed by atoms with Gasteiger partial charge in [-0.05, 0) is 33.1 Å². The third kappa shape index (κ3) is 9.22. The van der Waals surface area contributed by atoms with E-state index in [9.17, 15) is 9.59 Å². The van der Waals surface area contributed by atoms with Gasteiger partial charge in [0.25, 0.3) is 0 Å². The van der Waals surface area contributed by atoms with Crippen LogP contribution in [-0.2, 0) is 19.1 Å². The van der Waals surface area contributed by atoms with Crippen molar-refractivity contribution in [1.82, 2.24) is 0 Å². The Hall–Kier alpha value is -0.840. The third-order valence-electron chi connectivity index (χ3n) is 2.11. The SMILES string of the molecule is CCOC(=O)CCC/C=C/CC(Br)C(=O)OCC. The predicted molar refractivity (Wildman–Crippen MR) is 73.6 cm³/mol. The zero-order valence-electron chi connectivity index (χ0n) is 11.0. The van der Waals surface area contributed by atoms with Crippen LogP contribution in [0.4, 0.5) is 0 Å². The van der Waals surface area contributed by atoms with Crippen LogP contribution in [0.25, 0.3) is 0 Å². The number of halogens is 1. The van der Waals surface area contributed by atoms with Crippen LogP contribution in [0.5, 0.6) is 0 Å². The summed E-state index contributed by atoms with van der Waals surface area (Å²) in [6, 6.07) is 0. The number of alkyl halides is 1. The van der Waals surface area contributed by atoms with E-state index in [4.69, 9.17) is 9.47 Å². The summed E-state index contributed by atoms with van der Waals surface area (Å²) in [5.41, 5.74) is 0. The summed E-state index contributed by atoms with van der Waals surface area (Å²) >= 11 is 3.26. The summed E-state index contributed by atoms with van der Waals surface area (Å²) in [4.78, 5) is 22.0. The van der Waals surface area contributed by atoms with E-state index in [1.165, 1.54) is 0 Å². The largest absolute Gasteiger partial charge is 0.466 e. The minimum Gasteiger partial charge on any atom is -0.466 e. The molecule has 0 N–H and O–H groups in total. The Labute approximate surface area is 117 Å². The molecule has 0 rings (SSSR count). The van der Waals surface area contributed by atoms with Gasteiger partial charge in [0, 0.05) is 6.42 Å². The van der Waals surface area contributed by atoms with Gasteiger partial charge in [-0.15, -0.1) is 0 Å². The Kier molecular flexibility index (Phi) is 10.7. The lowest BCUT2D eigenvalue weighted by atomic mass is 10.2. The van der Waals surface area contributed by atoms with Crippen molar-refractivity contribution in [3.8, 4) is 0 Å². The number of hydrogen-bond donors (Lipinski definition) is 0. The molecular formula is C13H21BrO4. The van der Waals surface area contributed by atoms with Crippen LogP contribution in [0.15, 0.2) is 12.2 Å². The van der Waals surface area contributed by atoms with E-state index in [0.29, 0.717) is 26.1 Å². The highest BCUT2D eigenvalue weighted by atomic mass is 79.9. The Morgan fingerprint density at radius 3 is 2.44 bits per heavy atom. The fourth-order valence-corrected chi connectivity index (χ4v) is 1.61. The average Bonchev–Trinajstić information content (AvgIpc) is 2.33. The molecule has 0 aromatic carbocycles. The molecule has 5 heteroatoms. The molecule has 0 bridgehead atoms. The number of unbranched alkanes of at least 4 members (excludes halogenated alkanes) is 1. The maximum atomic E-state index is 11.3. The molecule has 0 fully saturated rings. The molecule has 1 unspecified atom stereocenters. The van der Waals surface area contributed by atoms with Crippen molar-refractivity contribution in [2.45, 2.75) is 44.4 Å². The van der Waals surface area contributed by atoms with Crippen LogP contribution in [-0.4, -0.2) is 30.0 Å². The standard InChI is InChI=1S/C13H21BrO4/c1-3-17-12(15)10-8-6-5-7-9-11(14)13(16)18-4-2/h5,7,11H,3-4,6,8-10H2,1-2H3/b7-5+. The fraction of sp³-hybridized carbons (Fsp3) is 0.692. The maximum Gasteiger partial charge on any atom is 0.320 e. The first-order valence-corrected chi connectivity index (χ1v) is 7.14. The van der Waals surface area contributed by atoms with Crippen molar-refractivity contribution in [1.29, 1.82) is 0 Å². The van der Waals surface area contributed by atoms with Crippen LogP contribution < -0.4 is 0 Å². The van der Waals surface area contributed by atoms with E-state index < -0.39 is 0 Å². The van der Waals surface area contributed by atoms with E-state index in [2.05, 4.69) is 15.9 Å². The minimum atomic E-state index is -0.293. The normalized spacial score (nSPS) is 12.4. The summed E-state index contributed by atoms with van der Waals surface area (Å²) < 4.78 is 9.67. The summed E-state index contributed by atoms with van der Waals surface area (Å²) in [6.07, 6.45) is 6.49. The van der Waals surface area contributed by atoms with Crippen molar-refractivity contribution in [3.63, 3.8) is 0 Å². The van der Waals surface area contributed by atoms with Crippen LogP contribution in [0, 0.1) is 0 Å². The molecule has 0 aliphatic heterocycles. The number of rotatable bonds is 9. The molecule has 0 aliphatic carbocycles. The average molecular weight is 321 g/mol. The second-order valence-electron chi connectivity index (χ2n) is 3.62. The second-order valence-corrected chi connectivity index (χ2v) is 4.73. The molecule has 0 spiro atoms. The number of hydrogen-bond acceptors (Lipinski definition) is 4. The lowest BCUT2D eigenvalue weighted by Crippen LogP contribution is -2.16. The Balaban J connectivity index is 3.59. The van der Waals surface area contributed by atoms with Crippen molar-refractivity contribution in [2.24, 2.45) is 0 Å². The van der Waals surface area contributed by atoms with Crippen molar-refractivity contribution in [2.75, 3.05) is 13.2 Å². The van der Waals surface area contributed by atoms with E-state index in [1.807, 2.05) is 12.2 Å². The third-order valence-corrected chi connectivity index (χ3v) is 2.86. The van der Waals surface area contributed by atoms with Crippen LogP contribution in [0.2, 0.25) is 0 Å². The zero-order chi connectivity index (χ0) is 13.8. The van der Waals surface area contributed by atoms with E-state index in [1.54, 1.807) is 13.8 Å². The van der Waals surface area contributed by atoms with Crippen molar-refractivity contribution in [3.05, 3.63) is 12.2 Å². The highest BCUT2D eigenvalue weighted by molar-refractivity contribution is 9.10. The highest BCUT2D eigenvalue weighted by Gasteiger charge is 2.13. The van der Waals surface area contributed by atoms with Gasteiger partial charge in [-0.25, -0.2) is 0 Å². The highest BCUT2D eigenvalue weighted by Crippen LogP contribution is 2.09. The first-order valence-electron chi connectivity index (χ1n) is 6.23.